The SMILES string of the molecule is CC(=O)c1cn2c(c1C)C=CCC2. The van der Waals surface area contributed by atoms with E-state index < -0.39 is 0 Å². The number of carbonyl (C=O) groups excluding carboxylic acids is 1. The molecule has 2 rings (SSSR count). The standard InChI is InChI=1S/C11H13NO/c1-8-10(9(2)13)7-12-6-4-3-5-11(8)12/h3,5,7H,4,6H2,1-2H3. The van der Waals surface area contributed by atoms with Gasteiger partial charge in [-0.1, -0.05) is 6.08 Å². The molecule has 0 saturated heterocycles. The van der Waals surface area contributed by atoms with Crippen LogP contribution in [0.2, 0.25) is 0 Å². The van der Waals surface area contributed by atoms with Gasteiger partial charge in [-0.15, -0.1) is 0 Å². The Kier molecular flexibility index (Phi) is 1.83. The minimum absolute atomic E-state index is 0.160. The van der Waals surface area contributed by atoms with Crippen molar-refractivity contribution in [2.45, 2.75) is 26.8 Å². The molecule has 68 valence electrons. The van der Waals surface area contributed by atoms with E-state index in [1.54, 1.807) is 6.92 Å². The zero-order valence-corrected chi connectivity index (χ0v) is 8.00. The fourth-order valence-electron chi connectivity index (χ4n) is 1.84. The van der Waals surface area contributed by atoms with Crippen molar-refractivity contribution in [3.63, 3.8) is 0 Å². The summed E-state index contributed by atoms with van der Waals surface area (Å²) in [5.41, 5.74) is 3.17. The Hall–Kier alpha value is -1.31. The summed E-state index contributed by atoms with van der Waals surface area (Å²) in [6.07, 6.45) is 7.30. The molecule has 0 saturated carbocycles. The summed E-state index contributed by atoms with van der Waals surface area (Å²) in [7, 11) is 0. The number of hydrogen-bond acceptors (Lipinski definition) is 1. The number of ketones is 1. The maximum Gasteiger partial charge on any atom is 0.161 e. The fourth-order valence-corrected chi connectivity index (χ4v) is 1.84. The molecule has 1 aromatic rings. The van der Waals surface area contributed by atoms with Crippen LogP contribution in [0.25, 0.3) is 6.08 Å². The van der Waals surface area contributed by atoms with Gasteiger partial charge in [0.25, 0.3) is 0 Å². The highest BCUT2D eigenvalue weighted by Crippen LogP contribution is 2.22. The van der Waals surface area contributed by atoms with Gasteiger partial charge < -0.3 is 4.57 Å². The van der Waals surface area contributed by atoms with E-state index in [1.807, 2.05) is 13.1 Å². The van der Waals surface area contributed by atoms with E-state index in [-0.39, 0.29) is 5.78 Å². The van der Waals surface area contributed by atoms with Crippen molar-refractivity contribution < 1.29 is 4.79 Å². The molecule has 0 bridgehead atoms. The van der Waals surface area contributed by atoms with Crippen molar-refractivity contribution in [1.82, 2.24) is 4.57 Å². The molecular formula is C11H13NO. The lowest BCUT2D eigenvalue weighted by Gasteiger charge is -2.09. The van der Waals surface area contributed by atoms with E-state index in [9.17, 15) is 4.79 Å². The molecule has 13 heavy (non-hydrogen) atoms. The van der Waals surface area contributed by atoms with E-state index in [2.05, 4.69) is 16.7 Å². The summed E-state index contributed by atoms with van der Waals surface area (Å²) in [5.74, 6) is 0.160. The summed E-state index contributed by atoms with van der Waals surface area (Å²) in [6.45, 7) is 4.64. The van der Waals surface area contributed by atoms with Crippen LogP contribution in [0.1, 0.15) is 35.0 Å². The van der Waals surface area contributed by atoms with Gasteiger partial charge in [0.2, 0.25) is 0 Å². The molecule has 1 aliphatic heterocycles. The maximum atomic E-state index is 11.2. The quantitative estimate of drug-likeness (QED) is 0.601. The highest BCUT2D eigenvalue weighted by Gasteiger charge is 2.14. The van der Waals surface area contributed by atoms with Crippen LogP contribution >= 0.6 is 0 Å². The van der Waals surface area contributed by atoms with Crippen LogP contribution < -0.4 is 0 Å². The van der Waals surface area contributed by atoms with Gasteiger partial charge in [0.1, 0.15) is 0 Å². The van der Waals surface area contributed by atoms with Gasteiger partial charge in [0.15, 0.2) is 5.78 Å². The van der Waals surface area contributed by atoms with Gasteiger partial charge in [-0.3, -0.25) is 4.79 Å². The van der Waals surface area contributed by atoms with Gasteiger partial charge in [-0.25, -0.2) is 0 Å². The van der Waals surface area contributed by atoms with Gasteiger partial charge in [-0.2, -0.15) is 0 Å². The van der Waals surface area contributed by atoms with E-state index in [4.69, 9.17) is 0 Å². The van der Waals surface area contributed by atoms with Crippen molar-refractivity contribution in [2.75, 3.05) is 0 Å². The summed E-state index contributed by atoms with van der Waals surface area (Å²) in [6, 6.07) is 0. The van der Waals surface area contributed by atoms with E-state index in [0.717, 1.165) is 24.1 Å². The number of aromatic nitrogens is 1. The Labute approximate surface area is 77.9 Å². The number of allylic oxidation sites excluding steroid dienone is 1. The Morgan fingerprint density at radius 1 is 1.54 bits per heavy atom. The second kappa shape index (κ2) is 2.87. The molecule has 0 unspecified atom stereocenters. The first-order valence-corrected chi connectivity index (χ1v) is 4.57. The Morgan fingerprint density at radius 3 is 2.92 bits per heavy atom. The maximum absolute atomic E-state index is 11.2. The Bertz CT molecular complexity index is 385. The summed E-state index contributed by atoms with van der Waals surface area (Å²) >= 11 is 0. The normalized spacial score (nSPS) is 14.3. The van der Waals surface area contributed by atoms with Gasteiger partial charge in [0, 0.05) is 24.0 Å². The first kappa shape index (κ1) is 8.30. The van der Waals surface area contributed by atoms with Crippen molar-refractivity contribution >= 4 is 11.9 Å². The summed E-state index contributed by atoms with van der Waals surface area (Å²) < 4.78 is 2.16. The Morgan fingerprint density at radius 2 is 2.31 bits per heavy atom. The average Bonchev–Trinajstić information content (AvgIpc) is 2.45. The molecule has 0 aliphatic carbocycles. The number of aryl methyl sites for hydroxylation is 1. The zero-order chi connectivity index (χ0) is 9.42. The minimum Gasteiger partial charge on any atom is -0.347 e. The molecule has 2 nitrogen and oxygen atoms in total. The highest BCUT2D eigenvalue weighted by atomic mass is 16.1. The van der Waals surface area contributed by atoms with Gasteiger partial charge >= 0.3 is 0 Å². The minimum atomic E-state index is 0.160. The summed E-state index contributed by atoms with van der Waals surface area (Å²) in [4.78, 5) is 11.2. The molecule has 0 amide bonds. The van der Waals surface area contributed by atoms with E-state index in [1.165, 1.54) is 5.69 Å². The lowest BCUT2D eigenvalue weighted by molar-refractivity contribution is 0.101. The molecular weight excluding hydrogens is 162 g/mol. The average molecular weight is 175 g/mol. The van der Waals surface area contributed by atoms with Gasteiger partial charge in [-0.05, 0) is 31.9 Å². The topological polar surface area (TPSA) is 22.0 Å². The van der Waals surface area contributed by atoms with Crippen LogP contribution in [-0.2, 0) is 6.54 Å². The van der Waals surface area contributed by atoms with Crippen LogP contribution in [0.5, 0.6) is 0 Å². The predicted octanol–water partition coefficient (Wildman–Crippen LogP) is 2.42. The van der Waals surface area contributed by atoms with Crippen molar-refractivity contribution in [2.24, 2.45) is 0 Å². The number of fused-ring (bicyclic) bond motifs is 1. The second-order valence-corrected chi connectivity index (χ2v) is 3.49. The lowest BCUT2D eigenvalue weighted by atomic mass is 10.1. The van der Waals surface area contributed by atoms with Crippen LogP contribution in [-0.4, -0.2) is 10.4 Å². The lowest BCUT2D eigenvalue weighted by Crippen LogP contribution is -2.01. The third kappa shape index (κ3) is 1.22. The number of nitrogens with zero attached hydrogens (tertiary/aromatic N) is 1. The number of rotatable bonds is 1. The largest absolute Gasteiger partial charge is 0.347 e. The molecule has 0 fully saturated rings. The molecule has 1 aromatic heterocycles. The number of Topliss-reactive ketones (excluding diaryl/α,β-unsaturated/α-hetero) is 1. The third-order valence-electron chi connectivity index (χ3n) is 2.57. The van der Waals surface area contributed by atoms with Gasteiger partial charge in [0.05, 0.1) is 0 Å². The predicted molar refractivity (Wildman–Crippen MR) is 52.8 cm³/mol. The molecule has 2 heterocycles. The molecule has 0 atom stereocenters. The molecule has 0 spiro atoms. The molecule has 0 radical (unpaired) electrons. The van der Waals surface area contributed by atoms with Crippen LogP contribution in [0.4, 0.5) is 0 Å². The van der Waals surface area contributed by atoms with Crippen LogP contribution in [0, 0.1) is 6.92 Å². The van der Waals surface area contributed by atoms with Crippen molar-refractivity contribution in [3.8, 4) is 0 Å². The molecule has 0 N–H and O–H groups in total. The fraction of sp³-hybridized carbons (Fsp3) is 0.364. The van der Waals surface area contributed by atoms with E-state index in [0.29, 0.717) is 0 Å². The third-order valence-corrected chi connectivity index (χ3v) is 2.57. The van der Waals surface area contributed by atoms with Crippen LogP contribution in [0.15, 0.2) is 12.3 Å². The molecule has 2 heteroatoms. The van der Waals surface area contributed by atoms with Crippen molar-refractivity contribution in [3.05, 3.63) is 29.1 Å². The zero-order valence-electron chi connectivity index (χ0n) is 8.00. The first-order chi connectivity index (χ1) is 6.20. The monoisotopic (exact) mass is 175 g/mol. The molecule has 0 aromatic carbocycles. The Balaban J connectivity index is 2.58. The highest BCUT2D eigenvalue weighted by molar-refractivity contribution is 5.96. The second-order valence-electron chi connectivity index (χ2n) is 3.49. The summed E-state index contributed by atoms with van der Waals surface area (Å²) in [5, 5.41) is 0. The number of hydrogen-bond donors (Lipinski definition) is 0. The van der Waals surface area contributed by atoms with Crippen molar-refractivity contribution in [1.29, 1.82) is 0 Å². The van der Waals surface area contributed by atoms with Crippen LogP contribution in [0.3, 0.4) is 0 Å². The smallest absolute Gasteiger partial charge is 0.161 e. The van der Waals surface area contributed by atoms with E-state index >= 15 is 0 Å². The molecule has 1 aliphatic rings. The first-order valence-electron chi connectivity index (χ1n) is 4.57. The number of carbonyl (C=O) groups is 1.